The molecule has 0 spiro atoms. The Hall–Kier alpha value is -2.89. The van der Waals surface area contributed by atoms with Crippen LogP contribution in [0, 0.1) is 11.3 Å². The lowest BCUT2D eigenvalue weighted by Crippen LogP contribution is -2.27. The number of nitriles is 1. The molecule has 2 aromatic rings. The molecule has 8 heteroatoms. The highest BCUT2D eigenvalue weighted by Crippen LogP contribution is 2.28. The molecule has 0 fully saturated rings. The summed E-state index contributed by atoms with van der Waals surface area (Å²) in [6.45, 7) is 1.58. The van der Waals surface area contributed by atoms with Gasteiger partial charge < -0.3 is 9.47 Å². The van der Waals surface area contributed by atoms with E-state index in [0.717, 1.165) is 5.56 Å². The molecular formula is C19H20N2O5S. The molecule has 7 nitrogen and oxygen atoms in total. The number of hydrogen-bond donors (Lipinski definition) is 0. The van der Waals surface area contributed by atoms with Crippen molar-refractivity contribution in [1.82, 2.24) is 4.31 Å². The summed E-state index contributed by atoms with van der Waals surface area (Å²) in [6, 6.07) is 14.9. The fraction of sp³-hybridized carbons (Fsp3) is 0.263. The van der Waals surface area contributed by atoms with Crippen molar-refractivity contribution in [2.75, 3.05) is 14.2 Å². The van der Waals surface area contributed by atoms with Gasteiger partial charge in [0.1, 0.15) is 16.7 Å². The van der Waals surface area contributed by atoms with Gasteiger partial charge in [-0.25, -0.2) is 13.2 Å². The Morgan fingerprint density at radius 3 is 2.48 bits per heavy atom. The first-order chi connectivity index (χ1) is 12.8. The summed E-state index contributed by atoms with van der Waals surface area (Å²) < 4.78 is 37.3. The molecule has 27 heavy (non-hydrogen) atoms. The van der Waals surface area contributed by atoms with Crippen molar-refractivity contribution < 1.29 is 22.7 Å². The van der Waals surface area contributed by atoms with Gasteiger partial charge >= 0.3 is 5.97 Å². The van der Waals surface area contributed by atoms with E-state index in [-0.39, 0.29) is 22.8 Å². The molecule has 1 atom stereocenters. The molecule has 142 valence electrons. The smallest absolute Gasteiger partial charge is 0.339 e. The van der Waals surface area contributed by atoms with Gasteiger partial charge in [-0.1, -0.05) is 30.3 Å². The van der Waals surface area contributed by atoms with Crippen molar-refractivity contribution in [2.45, 2.75) is 24.5 Å². The molecule has 2 aromatic carbocycles. The Kier molecular flexibility index (Phi) is 6.55. The van der Waals surface area contributed by atoms with Gasteiger partial charge in [-0.15, -0.1) is 0 Å². The van der Waals surface area contributed by atoms with Gasteiger partial charge in [0.05, 0.1) is 12.7 Å². The zero-order chi connectivity index (χ0) is 20.0. The maximum Gasteiger partial charge on any atom is 0.339 e. The number of sulfonamides is 1. The van der Waals surface area contributed by atoms with Crippen LogP contribution in [0.3, 0.4) is 0 Å². The Morgan fingerprint density at radius 2 is 1.89 bits per heavy atom. The van der Waals surface area contributed by atoms with Gasteiger partial charge in [0.25, 0.3) is 0 Å². The summed E-state index contributed by atoms with van der Waals surface area (Å²) >= 11 is 0. The van der Waals surface area contributed by atoms with Gasteiger partial charge in [-0.2, -0.15) is 9.57 Å². The lowest BCUT2D eigenvalue weighted by atomic mass is 10.2. The molecule has 2 rings (SSSR count). The van der Waals surface area contributed by atoms with Crippen molar-refractivity contribution in [2.24, 2.45) is 0 Å². The molecule has 0 aliphatic rings. The van der Waals surface area contributed by atoms with Crippen molar-refractivity contribution in [3.63, 3.8) is 0 Å². The normalized spacial score (nSPS) is 12.3. The number of esters is 1. The Labute approximate surface area is 158 Å². The second kappa shape index (κ2) is 8.66. The minimum Gasteiger partial charge on any atom is -0.495 e. The lowest BCUT2D eigenvalue weighted by molar-refractivity contribution is 0.0435. The largest absolute Gasteiger partial charge is 0.495 e. The predicted octanol–water partition coefficient (Wildman–Crippen LogP) is 2.58. The highest BCUT2D eigenvalue weighted by Gasteiger charge is 2.27. The first-order valence-corrected chi connectivity index (χ1v) is 9.52. The van der Waals surface area contributed by atoms with Crippen LogP contribution in [0.1, 0.15) is 22.8 Å². The fourth-order valence-electron chi connectivity index (χ4n) is 2.35. The molecule has 0 saturated heterocycles. The number of nitrogens with zero attached hydrogens (tertiary/aromatic N) is 2. The molecule has 0 heterocycles. The average Bonchev–Trinajstić information content (AvgIpc) is 2.67. The van der Waals surface area contributed by atoms with Crippen LogP contribution < -0.4 is 4.74 Å². The minimum absolute atomic E-state index is 0.0181. The number of rotatable bonds is 7. The number of ether oxygens (including phenoxy) is 2. The third-order valence-electron chi connectivity index (χ3n) is 3.80. The van der Waals surface area contributed by atoms with Gasteiger partial charge in [-0.05, 0) is 30.7 Å². The second-order valence-corrected chi connectivity index (χ2v) is 7.80. The molecule has 0 radical (unpaired) electrons. The maximum absolute atomic E-state index is 13.0. The zero-order valence-corrected chi connectivity index (χ0v) is 16.1. The van der Waals surface area contributed by atoms with E-state index in [4.69, 9.17) is 14.7 Å². The standard InChI is InChI=1S/C19H20N2O5S/c1-14(12-20)26-19(22)16-9-10-17(25-3)18(11-16)27(23,24)21(2)13-15-7-5-4-6-8-15/h4-11,14H,13H2,1-3H3. The van der Waals surface area contributed by atoms with Crippen LogP contribution in [0.25, 0.3) is 0 Å². The van der Waals surface area contributed by atoms with E-state index in [1.165, 1.54) is 43.6 Å². The van der Waals surface area contributed by atoms with E-state index >= 15 is 0 Å². The van der Waals surface area contributed by atoms with E-state index in [2.05, 4.69) is 0 Å². The highest BCUT2D eigenvalue weighted by molar-refractivity contribution is 7.89. The van der Waals surface area contributed by atoms with E-state index in [9.17, 15) is 13.2 Å². The first kappa shape index (κ1) is 20.4. The molecule has 1 unspecified atom stereocenters. The van der Waals surface area contributed by atoms with Crippen LogP contribution in [-0.2, 0) is 21.3 Å². The number of hydrogen-bond acceptors (Lipinski definition) is 6. The zero-order valence-electron chi connectivity index (χ0n) is 15.2. The molecule has 0 aliphatic heterocycles. The Morgan fingerprint density at radius 1 is 1.22 bits per heavy atom. The van der Waals surface area contributed by atoms with Gasteiger partial charge in [0.2, 0.25) is 10.0 Å². The summed E-state index contributed by atoms with van der Waals surface area (Å²) in [7, 11) is -1.14. The summed E-state index contributed by atoms with van der Waals surface area (Å²) in [5.41, 5.74) is 0.838. The summed E-state index contributed by atoms with van der Waals surface area (Å²) in [5, 5.41) is 8.76. The number of carbonyl (C=O) groups excluding carboxylic acids is 1. The molecule has 0 aliphatic carbocycles. The third kappa shape index (κ3) is 4.84. The monoisotopic (exact) mass is 388 g/mol. The summed E-state index contributed by atoms with van der Waals surface area (Å²) in [6.07, 6.45) is -0.944. The Balaban J connectivity index is 2.38. The van der Waals surface area contributed by atoms with Crippen molar-refractivity contribution in [1.29, 1.82) is 5.26 Å². The number of carbonyl (C=O) groups is 1. The van der Waals surface area contributed by atoms with E-state index in [1.807, 2.05) is 30.3 Å². The Bertz CT molecular complexity index is 952. The fourth-order valence-corrected chi connectivity index (χ4v) is 3.69. The minimum atomic E-state index is -3.93. The first-order valence-electron chi connectivity index (χ1n) is 8.08. The summed E-state index contributed by atoms with van der Waals surface area (Å²) in [5.74, 6) is -0.673. The quantitative estimate of drug-likeness (QED) is 0.677. The molecule has 0 amide bonds. The topological polar surface area (TPSA) is 96.7 Å². The van der Waals surface area contributed by atoms with E-state index in [0.29, 0.717) is 0 Å². The van der Waals surface area contributed by atoms with E-state index < -0.39 is 22.1 Å². The van der Waals surface area contributed by atoms with Crippen LogP contribution in [0.15, 0.2) is 53.4 Å². The van der Waals surface area contributed by atoms with Gasteiger partial charge in [0.15, 0.2) is 6.10 Å². The predicted molar refractivity (Wildman–Crippen MR) is 98.6 cm³/mol. The van der Waals surface area contributed by atoms with Gasteiger partial charge in [0, 0.05) is 13.6 Å². The van der Waals surface area contributed by atoms with E-state index in [1.54, 1.807) is 6.07 Å². The third-order valence-corrected chi connectivity index (χ3v) is 5.63. The summed E-state index contributed by atoms with van der Waals surface area (Å²) in [4.78, 5) is 12.0. The van der Waals surface area contributed by atoms with Crippen LogP contribution in [0.5, 0.6) is 5.75 Å². The van der Waals surface area contributed by atoms with Crippen molar-refractivity contribution >= 4 is 16.0 Å². The number of benzene rings is 2. The maximum atomic E-state index is 13.0. The SMILES string of the molecule is COc1ccc(C(=O)OC(C)C#N)cc1S(=O)(=O)N(C)Cc1ccccc1. The van der Waals surface area contributed by atoms with Crippen molar-refractivity contribution in [3.05, 3.63) is 59.7 Å². The van der Waals surface area contributed by atoms with Crippen LogP contribution in [0.4, 0.5) is 0 Å². The average molecular weight is 388 g/mol. The lowest BCUT2D eigenvalue weighted by Gasteiger charge is -2.19. The molecular weight excluding hydrogens is 368 g/mol. The highest BCUT2D eigenvalue weighted by atomic mass is 32.2. The van der Waals surface area contributed by atoms with Crippen LogP contribution in [0.2, 0.25) is 0 Å². The molecule has 0 bridgehead atoms. The van der Waals surface area contributed by atoms with Crippen molar-refractivity contribution in [3.8, 4) is 11.8 Å². The molecule has 0 saturated carbocycles. The van der Waals surface area contributed by atoms with Crippen LogP contribution >= 0.6 is 0 Å². The van der Waals surface area contributed by atoms with Crippen LogP contribution in [-0.4, -0.2) is 39.0 Å². The second-order valence-electron chi connectivity index (χ2n) is 5.79. The molecule has 0 aromatic heterocycles. The van der Waals surface area contributed by atoms with Gasteiger partial charge in [-0.3, -0.25) is 0 Å². The number of methoxy groups -OCH3 is 1. The molecule has 0 N–H and O–H groups in total.